The average molecular weight is 405 g/mol. The zero-order valence-electron chi connectivity index (χ0n) is 13.6. The lowest BCUT2D eigenvalue weighted by Gasteiger charge is -2.25. The monoisotopic (exact) mass is 404 g/mol. The van der Waals surface area contributed by atoms with Crippen LogP contribution < -0.4 is 11.1 Å². The van der Waals surface area contributed by atoms with E-state index in [4.69, 9.17) is 10.5 Å². The Hall–Kier alpha value is -1.22. The maximum absolute atomic E-state index is 12.2. The summed E-state index contributed by atoms with van der Waals surface area (Å²) in [5.74, 6) is -0.247. The van der Waals surface area contributed by atoms with Crippen molar-refractivity contribution < 1.29 is 9.53 Å². The first-order chi connectivity index (χ1) is 11.2. The number of nitrogens with zero attached hydrogens (tertiary/aromatic N) is 2. The SMILES string of the molecule is Cl.Cl.NC(C(=O)Nc1nc(CN2CCOCC2)cs1)c1ccccc1. The number of morpholine rings is 1. The van der Waals surface area contributed by atoms with E-state index < -0.39 is 6.04 Å². The number of nitrogens with two attached hydrogens (primary N) is 1. The number of amides is 1. The van der Waals surface area contributed by atoms with Crippen molar-refractivity contribution in [1.29, 1.82) is 0 Å². The van der Waals surface area contributed by atoms with E-state index in [9.17, 15) is 4.79 Å². The van der Waals surface area contributed by atoms with Crippen LogP contribution in [0.25, 0.3) is 0 Å². The Kier molecular flexibility index (Phi) is 9.34. The Bertz CT molecular complexity index is 651. The molecule has 1 saturated heterocycles. The number of benzene rings is 1. The van der Waals surface area contributed by atoms with E-state index in [2.05, 4.69) is 15.2 Å². The van der Waals surface area contributed by atoms with E-state index in [1.165, 1.54) is 11.3 Å². The highest BCUT2D eigenvalue weighted by Gasteiger charge is 2.18. The largest absolute Gasteiger partial charge is 0.379 e. The minimum Gasteiger partial charge on any atom is -0.379 e. The van der Waals surface area contributed by atoms with Crippen LogP contribution in [0.15, 0.2) is 35.7 Å². The highest BCUT2D eigenvalue weighted by molar-refractivity contribution is 7.13. The molecule has 1 unspecified atom stereocenters. The Labute approximate surface area is 163 Å². The van der Waals surface area contributed by atoms with Crippen LogP contribution in [-0.2, 0) is 16.1 Å². The summed E-state index contributed by atoms with van der Waals surface area (Å²) in [7, 11) is 0. The molecule has 1 aromatic carbocycles. The fourth-order valence-electron chi connectivity index (χ4n) is 2.42. The van der Waals surface area contributed by atoms with Gasteiger partial charge in [-0.1, -0.05) is 30.3 Å². The molecule has 1 fully saturated rings. The molecule has 0 bridgehead atoms. The van der Waals surface area contributed by atoms with Crippen molar-refractivity contribution in [2.45, 2.75) is 12.6 Å². The number of aromatic nitrogens is 1. The molecule has 0 aliphatic carbocycles. The summed E-state index contributed by atoms with van der Waals surface area (Å²) in [4.78, 5) is 19.0. The summed E-state index contributed by atoms with van der Waals surface area (Å²) < 4.78 is 5.33. The number of thiazole rings is 1. The Balaban J connectivity index is 0.00000156. The van der Waals surface area contributed by atoms with Crippen LogP contribution in [-0.4, -0.2) is 42.1 Å². The molecule has 2 aromatic rings. The molecule has 0 spiro atoms. The topological polar surface area (TPSA) is 80.5 Å². The molecule has 3 rings (SSSR count). The number of anilines is 1. The summed E-state index contributed by atoms with van der Waals surface area (Å²) in [6.07, 6.45) is 0. The van der Waals surface area contributed by atoms with E-state index in [1.54, 1.807) is 0 Å². The molecule has 25 heavy (non-hydrogen) atoms. The molecule has 6 nitrogen and oxygen atoms in total. The number of hydrogen-bond donors (Lipinski definition) is 2. The summed E-state index contributed by atoms with van der Waals surface area (Å²) in [6.45, 7) is 4.13. The second-order valence-electron chi connectivity index (χ2n) is 5.41. The lowest BCUT2D eigenvalue weighted by atomic mass is 10.1. The Morgan fingerprint density at radius 3 is 2.64 bits per heavy atom. The van der Waals surface area contributed by atoms with Gasteiger partial charge in [0.25, 0.3) is 0 Å². The lowest BCUT2D eigenvalue weighted by molar-refractivity contribution is -0.117. The number of hydrogen-bond acceptors (Lipinski definition) is 6. The van der Waals surface area contributed by atoms with Gasteiger partial charge in [0.1, 0.15) is 6.04 Å². The fraction of sp³-hybridized carbons (Fsp3) is 0.375. The van der Waals surface area contributed by atoms with Gasteiger partial charge in [0.05, 0.1) is 18.9 Å². The molecule has 0 radical (unpaired) electrons. The molecule has 3 N–H and O–H groups in total. The van der Waals surface area contributed by atoms with Crippen molar-refractivity contribution in [1.82, 2.24) is 9.88 Å². The normalized spacial score (nSPS) is 15.6. The second-order valence-corrected chi connectivity index (χ2v) is 6.27. The number of carbonyl (C=O) groups is 1. The van der Waals surface area contributed by atoms with E-state index in [1.807, 2.05) is 35.7 Å². The van der Waals surface area contributed by atoms with Gasteiger partial charge in [0.15, 0.2) is 5.13 Å². The molecule has 1 aromatic heterocycles. The molecule has 2 heterocycles. The summed E-state index contributed by atoms with van der Waals surface area (Å²) in [5.41, 5.74) is 7.73. The molecule has 1 amide bonds. The standard InChI is InChI=1S/C16H20N4O2S.2ClH/c17-14(12-4-2-1-3-5-12)15(21)19-16-18-13(11-23-16)10-20-6-8-22-9-7-20;;/h1-5,11,14H,6-10,17H2,(H,18,19,21);2*1H. The van der Waals surface area contributed by atoms with Crippen molar-refractivity contribution in [3.63, 3.8) is 0 Å². The quantitative estimate of drug-likeness (QED) is 0.799. The van der Waals surface area contributed by atoms with Gasteiger partial charge >= 0.3 is 0 Å². The number of nitrogens with one attached hydrogen (secondary N) is 1. The van der Waals surface area contributed by atoms with E-state index in [0.29, 0.717) is 5.13 Å². The number of rotatable bonds is 5. The van der Waals surface area contributed by atoms with Crippen molar-refractivity contribution >= 4 is 47.2 Å². The van der Waals surface area contributed by atoms with Crippen molar-refractivity contribution in [2.24, 2.45) is 5.73 Å². The van der Waals surface area contributed by atoms with Crippen molar-refractivity contribution in [3.8, 4) is 0 Å². The van der Waals surface area contributed by atoms with Crippen molar-refractivity contribution in [3.05, 3.63) is 47.0 Å². The third-order valence-corrected chi connectivity index (χ3v) is 4.52. The third kappa shape index (κ3) is 6.22. The maximum atomic E-state index is 12.2. The first kappa shape index (κ1) is 21.8. The third-order valence-electron chi connectivity index (χ3n) is 3.71. The van der Waals surface area contributed by atoms with Crippen LogP contribution in [0, 0.1) is 0 Å². The molecule has 9 heteroatoms. The van der Waals surface area contributed by atoms with E-state index in [-0.39, 0.29) is 30.7 Å². The van der Waals surface area contributed by atoms with Gasteiger partial charge in [-0.3, -0.25) is 9.69 Å². The van der Waals surface area contributed by atoms with Gasteiger partial charge < -0.3 is 15.8 Å². The molecule has 1 aliphatic heterocycles. The van der Waals surface area contributed by atoms with Gasteiger partial charge in [-0.25, -0.2) is 4.98 Å². The van der Waals surface area contributed by atoms with Crippen molar-refractivity contribution in [2.75, 3.05) is 31.6 Å². The van der Waals surface area contributed by atoms with Crippen LogP contribution >= 0.6 is 36.2 Å². The maximum Gasteiger partial charge on any atom is 0.247 e. The highest BCUT2D eigenvalue weighted by atomic mass is 35.5. The van der Waals surface area contributed by atoms with Gasteiger partial charge in [0.2, 0.25) is 5.91 Å². The lowest BCUT2D eigenvalue weighted by Crippen LogP contribution is -2.35. The molecule has 1 atom stereocenters. The zero-order valence-corrected chi connectivity index (χ0v) is 16.0. The minimum atomic E-state index is -0.692. The smallest absolute Gasteiger partial charge is 0.247 e. The fourth-order valence-corrected chi connectivity index (χ4v) is 3.12. The molecular formula is C16H22Cl2N4O2S. The van der Waals surface area contributed by atoms with Gasteiger partial charge in [-0.05, 0) is 5.56 Å². The summed E-state index contributed by atoms with van der Waals surface area (Å²) >= 11 is 1.42. The number of ether oxygens (including phenoxy) is 1. The summed E-state index contributed by atoms with van der Waals surface area (Å²) in [6, 6.07) is 8.62. The first-order valence-electron chi connectivity index (χ1n) is 7.58. The zero-order chi connectivity index (χ0) is 16.1. The summed E-state index contributed by atoms with van der Waals surface area (Å²) in [5, 5.41) is 5.36. The first-order valence-corrected chi connectivity index (χ1v) is 8.46. The number of halogens is 2. The van der Waals surface area contributed by atoms with Crippen LogP contribution in [0.5, 0.6) is 0 Å². The van der Waals surface area contributed by atoms with Gasteiger partial charge in [-0.2, -0.15) is 0 Å². The second kappa shape index (κ2) is 10.7. The molecule has 138 valence electrons. The molecule has 1 aliphatic rings. The van der Waals surface area contributed by atoms with Crippen LogP contribution in [0.1, 0.15) is 17.3 Å². The predicted octanol–water partition coefficient (Wildman–Crippen LogP) is 2.46. The molecular weight excluding hydrogens is 383 g/mol. The minimum absolute atomic E-state index is 0. The highest BCUT2D eigenvalue weighted by Crippen LogP contribution is 2.19. The average Bonchev–Trinajstić information content (AvgIpc) is 3.02. The van der Waals surface area contributed by atoms with Gasteiger partial charge in [-0.15, -0.1) is 36.2 Å². The molecule has 0 saturated carbocycles. The predicted molar refractivity (Wildman–Crippen MR) is 105 cm³/mol. The van der Waals surface area contributed by atoms with Crippen LogP contribution in [0.3, 0.4) is 0 Å². The van der Waals surface area contributed by atoms with E-state index >= 15 is 0 Å². The van der Waals surface area contributed by atoms with E-state index in [0.717, 1.165) is 44.1 Å². The van der Waals surface area contributed by atoms with Gasteiger partial charge in [0, 0.05) is 25.0 Å². The van der Waals surface area contributed by atoms with Crippen LogP contribution in [0.2, 0.25) is 0 Å². The van der Waals surface area contributed by atoms with Crippen LogP contribution in [0.4, 0.5) is 5.13 Å². The Morgan fingerprint density at radius 2 is 1.96 bits per heavy atom. The Morgan fingerprint density at radius 1 is 1.28 bits per heavy atom. The number of carbonyl (C=O) groups excluding carboxylic acids is 1.